The second kappa shape index (κ2) is 8.14. The number of nitrogens with one attached hydrogen (secondary N) is 1. The van der Waals surface area contributed by atoms with E-state index in [1.165, 1.54) is 23.9 Å². The third-order valence-corrected chi connectivity index (χ3v) is 4.98. The summed E-state index contributed by atoms with van der Waals surface area (Å²) < 4.78 is 18.1. The first-order valence-corrected chi connectivity index (χ1v) is 8.92. The van der Waals surface area contributed by atoms with Crippen molar-refractivity contribution in [2.45, 2.75) is 18.6 Å². The largest absolute Gasteiger partial charge is 0.497 e. The van der Waals surface area contributed by atoms with E-state index < -0.39 is 0 Å². The second-order valence-electron chi connectivity index (χ2n) is 5.75. The Balaban J connectivity index is 1.65. The van der Waals surface area contributed by atoms with Gasteiger partial charge in [0.15, 0.2) is 5.17 Å². The SMILES string of the molecule is COc1ccc(/C(C)=N\N=C2/NC(=O)[C@H](Cc3ccc(F)cc3)S2)cc1. The molecular formula is C19H18FN3O2S. The smallest absolute Gasteiger partial charge is 0.239 e. The molecule has 0 aromatic heterocycles. The van der Waals surface area contributed by atoms with Crippen molar-refractivity contribution in [1.82, 2.24) is 5.32 Å². The van der Waals surface area contributed by atoms with Crippen LogP contribution < -0.4 is 10.1 Å². The number of amides is 1. The second-order valence-corrected chi connectivity index (χ2v) is 6.94. The Morgan fingerprint density at radius 2 is 1.88 bits per heavy atom. The highest BCUT2D eigenvalue weighted by atomic mass is 32.2. The molecule has 3 rings (SSSR count). The summed E-state index contributed by atoms with van der Waals surface area (Å²) in [6, 6.07) is 13.7. The van der Waals surface area contributed by atoms with E-state index in [9.17, 15) is 9.18 Å². The number of carbonyl (C=O) groups excluding carboxylic acids is 1. The normalized spacial score (nSPS) is 18.9. The van der Waals surface area contributed by atoms with E-state index in [1.807, 2.05) is 31.2 Å². The maximum atomic E-state index is 13.0. The van der Waals surface area contributed by atoms with Crippen molar-refractivity contribution in [2.24, 2.45) is 10.2 Å². The van der Waals surface area contributed by atoms with Gasteiger partial charge in [-0.05, 0) is 60.9 Å². The Bertz CT molecular complexity index is 848. The molecule has 1 heterocycles. The number of nitrogens with zero attached hydrogens (tertiary/aromatic N) is 2. The molecule has 2 aromatic carbocycles. The van der Waals surface area contributed by atoms with Crippen LogP contribution >= 0.6 is 11.8 Å². The number of halogens is 1. The van der Waals surface area contributed by atoms with E-state index in [0.717, 1.165) is 22.6 Å². The van der Waals surface area contributed by atoms with Crippen LogP contribution in [0.15, 0.2) is 58.7 Å². The number of benzene rings is 2. The zero-order chi connectivity index (χ0) is 18.5. The molecule has 26 heavy (non-hydrogen) atoms. The standard InChI is InChI=1S/C19H18FN3O2S/c1-12(14-5-9-16(25-2)10-6-14)22-23-19-21-18(24)17(26-19)11-13-3-7-15(20)8-4-13/h3-10,17H,11H2,1-2H3,(H,21,23,24)/b22-12-/t17-/m0/s1. The van der Waals surface area contributed by atoms with Crippen LogP contribution in [0, 0.1) is 5.82 Å². The lowest BCUT2D eigenvalue weighted by Crippen LogP contribution is -2.26. The number of hydrogen-bond donors (Lipinski definition) is 1. The van der Waals surface area contributed by atoms with Crippen LogP contribution in [0.25, 0.3) is 0 Å². The minimum atomic E-state index is -0.296. The van der Waals surface area contributed by atoms with Crippen molar-refractivity contribution in [2.75, 3.05) is 7.11 Å². The first-order valence-electron chi connectivity index (χ1n) is 8.04. The molecule has 5 nitrogen and oxygen atoms in total. The van der Waals surface area contributed by atoms with E-state index in [-0.39, 0.29) is 17.0 Å². The molecule has 1 atom stereocenters. The zero-order valence-corrected chi connectivity index (χ0v) is 15.2. The van der Waals surface area contributed by atoms with Crippen molar-refractivity contribution in [3.63, 3.8) is 0 Å². The summed E-state index contributed by atoms with van der Waals surface area (Å²) in [4.78, 5) is 12.1. The van der Waals surface area contributed by atoms with Gasteiger partial charge in [0.2, 0.25) is 5.91 Å². The first-order chi connectivity index (χ1) is 12.5. The fourth-order valence-electron chi connectivity index (χ4n) is 2.43. The minimum Gasteiger partial charge on any atom is -0.497 e. The van der Waals surface area contributed by atoms with Crippen molar-refractivity contribution in [3.05, 3.63) is 65.5 Å². The number of rotatable bonds is 5. The van der Waals surface area contributed by atoms with Crippen LogP contribution in [-0.4, -0.2) is 29.1 Å². The van der Waals surface area contributed by atoms with Crippen LogP contribution in [0.1, 0.15) is 18.1 Å². The van der Waals surface area contributed by atoms with Crippen LogP contribution in [0.5, 0.6) is 5.75 Å². The maximum absolute atomic E-state index is 13.0. The van der Waals surface area contributed by atoms with Gasteiger partial charge in [-0.1, -0.05) is 23.9 Å². The van der Waals surface area contributed by atoms with Gasteiger partial charge in [0.1, 0.15) is 11.6 Å². The summed E-state index contributed by atoms with van der Waals surface area (Å²) in [5, 5.41) is 11.2. The average molecular weight is 371 g/mol. The number of methoxy groups -OCH3 is 1. The molecule has 1 aliphatic rings. The van der Waals surface area contributed by atoms with Gasteiger partial charge >= 0.3 is 0 Å². The number of hydrogen-bond acceptors (Lipinski definition) is 5. The Labute approximate surface area is 155 Å². The molecule has 2 aromatic rings. The highest BCUT2D eigenvalue weighted by molar-refractivity contribution is 8.15. The quantitative estimate of drug-likeness (QED) is 0.647. The van der Waals surface area contributed by atoms with E-state index >= 15 is 0 Å². The lowest BCUT2D eigenvalue weighted by Gasteiger charge is -2.04. The topological polar surface area (TPSA) is 63.1 Å². The number of carbonyl (C=O) groups is 1. The highest BCUT2D eigenvalue weighted by Crippen LogP contribution is 2.23. The summed E-state index contributed by atoms with van der Waals surface area (Å²) in [7, 11) is 1.62. The molecule has 1 N–H and O–H groups in total. The Morgan fingerprint density at radius 1 is 1.19 bits per heavy atom. The van der Waals surface area contributed by atoms with Gasteiger partial charge in [-0.15, -0.1) is 5.10 Å². The molecule has 134 valence electrons. The maximum Gasteiger partial charge on any atom is 0.239 e. The lowest BCUT2D eigenvalue weighted by atomic mass is 10.1. The fraction of sp³-hybridized carbons (Fsp3) is 0.211. The van der Waals surface area contributed by atoms with Crippen LogP contribution in [-0.2, 0) is 11.2 Å². The minimum absolute atomic E-state index is 0.115. The molecule has 0 radical (unpaired) electrons. The molecule has 1 aliphatic heterocycles. The van der Waals surface area contributed by atoms with Gasteiger partial charge < -0.3 is 10.1 Å². The van der Waals surface area contributed by atoms with E-state index in [2.05, 4.69) is 15.5 Å². The summed E-state index contributed by atoms with van der Waals surface area (Å²) in [5.41, 5.74) is 2.56. The van der Waals surface area contributed by atoms with Gasteiger partial charge in [0, 0.05) is 0 Å². The summed E-state index contributed by atoms with van der Waals surface area (Å²) in [6.07, 6.45) is 0.511. The summed E-state index contributed by atoms with van der Waals surface area (Å²) in [5.74, 6) is 0.369. The molecule has 0 saturated carbocycles. The van der Waals surface area contributed by atoms with Gasteiger partial charge in [0.25, 0.3) is 0 Å². The van der Waals surface area contributed by atoms with E-state index in [0.29, 0.717) is 11.6 Å². The van der Waals surface area contributed by atoms with Crippen molar-refractivity contribution in [1.29, 1.82) is 0 Å². The molecule has 0 bridgehead atoms. The van der Waals surface area contributed by atoms with Crippen LogP contribution in [0.2, 0.25) is 0 Å². The molecule has 7 heteroatoms. The number of thioether (sulfide) groups is 1. The Hall–Kier alpha value is -2.67. The van der Waals surface area contributed by atoms with E-state index in [1.54, 1.807) is 19.2 Å². The van der Waals surface area contributed by atoms with Crippen molar-refractivity contribution in [3.8, 4) is 5.75 Å². The molecule has 1 saturated heterocycles. The fourth-order valence-corrected chi connectivity index (χ4v) is 3.39. The molecular weight excluding hydrogens is 353 g/mol. The Kier molecular flexibility index (Phi) is 5.68. The molecule has 1 fully saturated rings. The Morgan fingerprint density at radius 3 is 2.54 bits per heavy atom. The first kappa shape index (κ1) is 18.1. The predicted molar refractivity (Wildman–Crippen MR) is 102 cm³/mol. The van der Waals surface area contributed by atoms with E-state index in [4.69, 9.17) is 4.74 Å². The van der Waals surface area contributed by atoms with Gasteiger partial charge in [0.05, 0.1) is 18.1 Å². The monoisotopic (exact) mass is 371 g/mol. The lowest BCUT2D eigenvalue weighted by molar-refractivity contribution is -0.118. The third-order valence-electron chi connectivity index (χ3n) is 3.91. The zero-order valence-electron chi connectivity index (χ0n) is 14.4. The van der Waals surface area contributed by atoms with Gasteiger partial charge in [-0.3, -0.25) is 4.79 Å². The van der Waals surface area contributed by atoms with Gasteiger partial charge in [-0.2, -0.15) is 5.10 Å². The number of amidine groups is 1. The summed E-state index contributed by atoms with van der Waals surface area (Å²) >= 11 is 1.33. The van der Waals surface area contributed by atoms with Crippen LogP contribution in [0.4, 0.5) is 4.39 Å². The molecule has 0 spiro atoms. The average Bonchev–Trinajstić information content (AvgIpc) is 3.01. The number of ether oxygens (including phenoxy) is 1. The highest BCUT2D eigenvalue weighted by Gasteiger charge is 2.30. The predicted octanol–water partition coefficient (Wildman–Crippen LogP) is 3.39. The van der Waals surface area contributed by atoms with Crippen LogP contribution in [0.3, 0.4) is 0 Å². The summed E-state index contributed by atoms with van der Waals surface area (Å²) in [6.45, 7) is 1.85. The third kappa shape index (κ3) is 4.49. The van der Waals surface area contributed by atoms with Gasteiger partial charge in [-0.25, -0.2) is 4.39 Å². The molecule has 0 unspecified atom stereocenters. The van der Waals surface area contributed by atoms with Crippen molar-refractivity contribution >= 4 is 28.5 Å². The molecule has 0 aliphatic carbocycles. The van der Waals surface area contributed by atoms with Crippen molar-refractivity contribution < 1.29 is 13.9 Å². The molecule has 1 amide bonds.